The van der Waals surface area contributed by atoms with Gasteiger partial charge < -0.3 is 9.67 Å². The quantitative estimate of drug-likeness (QED) is 0.821. The first kappa shape index (κ1) is 13.5. The van der Waals surface area contributed by atoms with Gasteiger partial charge in [-0.1, -0.05) is 6.07 Å². The van der Waals surface area contributed by atoms with Gasteiger partial charge in [0, 0.05) is 13.1 Å². The Morgan fingerprint density at radius 3 is 2.84 bits per heavy atom. The van der Waals surface area contributed by atoms with Gasteiger partial charge in [-0.2, -0.15) is 0 Å². The average Bonchev–Trinajstić information content (AvgIpc) is 2.70. The number of fused-ring (bicyclic) bond motifs is 1. The van der Waals surface area contributed by atoms with Gasteiger partial charge in [-0.3, -0.25) is 0 Å². The normalized spacial score (nSPS) is 11.8. The highest BCUT2D eigenvalue weighted by molar-refractivity contribution is 7.88. The van der Waals surface area contributed by atoms with Crippen molar-refractivity contribution in [3.8, 4) is 0 Å². The standard InChI is InChI=1S/C11H13N3O4S/c1-19(17,18)13-5-6-14-7-12-9-4-2-3-8(10(9)14)11(15)16/h2-4,7,13H,5-6H2,1H3,(H,15,16). The highest BCUT2D eigenvalue weighted by Crippen LogP contribution is 2.17. The van der Waals surface area contributed by atoms with Crippen LogP contribution in [0, 0.1) is 0 Å². The molecule has 7 nitrogen and oxygen atoms in total. The summed E-state index contributed by atoms with van der Waals surface area (Å²) >= 11 is 0. The molecule has 0 bridgehead atoms. The summed E-state index contributed by atoms with van der Waals surface area (Å²) in [6.45, 7) is 0.492. The first-order valence-electron chi connectivity index (χ1n) is 5.50. The molecule has 1 aromatic carbocycles. The molecule has 0 unspecified atom stereocenters. The first-order chi connectivity index (χ1) is 8.88. The van der Waals surface area contributed by atoms with Gasteiger partial charge in [0.15, 0.2) is 0 Å². The second kappa shape index (κ2) is 4.98. The van der Waals surface area contributed by atoms with Crippen molar-refractivity contribution in [1.82, 2.24) is 14.3 Å². The summed E-state index contributed by atoms with van der Waals surface area (Å²) in [5.74, 6) is -1.04. The van der Waals surface area contributed by atoms with E-state index in [4.69, 9.17) is 5.11 Å². The summed E-state index contributed by atoms with van der Waals surface area (Å²) in [5, 5.41) is 9.13. The Hall–Kier alpha value is -1.93. The summed E-state index contributed by atoms with van der Waals surface area (Å²) in [6.07, 6.45) is 2.57. The molecule has 0 saturated carbocycles. The van der Waals surface area contributed by atoms with Crippen LogP contribution in [-0.2, 0) is 16.6 Å². The largest absolute Gasteiger partial charge is 0.478 e. The van der Waals surface area contributed by atoms with E-state index < -0.39 is 16.0 Å². The molecule has 1 heterocycles. The number of aromatic nitrogens is 2. The van der Waals surface area contributed by atoms with Gasteiger partial charge in [-0.25, -0.2) is 22.9 Å². The number of para-hydroxylation sites is 1. The molecule has 0 aliphatic carbocycles. The molecule has 0 saturated heterocycles. The van der Waals surface area contributed by atoms with Crippen LogP contribution in [0.15, 0.2) is 24.5 Å². The van der Waals surface area contributed by atoms with Crippen LogP contribution in [0.2, 0.25) is 0 Å². The third-order valence-corrected chi connectivity index (χ3v) is 3.31. The molecule has 0 atom stereocenters. The number of nitrogens with zero attached hydrogens (tertiary/aromatic N) is 2. The highest BCUT2D eigenvalue weighted by atomic mass is 32.2. The number of rotatable bonds is 5. The monoisotopic (exact) mass is 283 g/mol. The smallest absolute Gasteiger partial charge is 0.337 e. The van der Waals surface area contributed by atoms with E-state index in [1.165, 1.54) is 12.4 Å². The van der Waals surface area contributed by atoms with Gasteiger partial charge in [-0.05, 0) is 12.1 Å². The molecule has 0 aliphatic heterocycles. The Labute approximate surface area is 109 Å². The van der Waals surface area contributed by atoms with Crippen molar-refractivity contribution in [3.63, 3.8) is 0 Å². The summed E-state index contributed by atoms with van der Waals surface area (Å²) in [4.78, 5) is 15.2. The Balaban J connectivity index is 2.31. The summed E-state index contributed by atoms with van der Waals surface area (Å²) < 4.78 is 25.9. The van der Waals surface area contributed by atoms with Crippen molar-refractivity contribution in [2.24, 2.45) is 0 Å². The van der Waals surface area contributed by atoms with Crippen molar-refractivity contribution in [1.29, 1.82) is 0 Å². The van der Waals surface area contributed by atoms with E-state index in [2.05, 4.69) is 9.71 Å². The van der Waals surface area contributed by atoms with E-state index in [0.717, 1.165) is 6.26 Å². The van der Waals surface area contributed by atoms with Crippen LogP contribution in [0.3, 0.4) is 0 Å². The van der Waals surface area contributed by atoms with Crippen LogP contribution in [0.4, 0.5) is 0 Å². The fraction of sp³-hybridized carbons (Fsp3) is 0.273. The van der Waals surface area contributed by atoms with Crippen molar-refractivity contribution in [2.45, 2.75) is 6.54 Å². The molecular weight excluding hydrogens is 270 g/mol. The van der Waals surface area contributed by atoms with E-state index >= 15 is 0 Å². The summed E-state index contributed by atoms with van der Waals surface area (Å²) in [5.41, 5.74) is 1.21. The molecule has 1 aromatic heterocycles. The van der Waals surface area contributed by atoms with Gasteiger partial charge in [0.05, 0.1) is 29.2 Å². The van der Waals surface area contributed by atoms with Gasteiger partial charge in [-0.15, -0.1) is 0 Å². The topological polar surface area (TPSA) is 101 Å². The predicted octanol–water partition coefficient (Wildman–Crippen LogP) is 0.284. The van der Waals surface area contributed by atoms with E-state index in [0.29, 0.717) is 17.6 Å². The van der Waals surface area contributed by atoms with Crippen molar-refractivity contribution < 1.29 is 18.3 Å². The Morgan fingerprint density at radius 1 is 1.47 bits per heavy atom. The van der Waals surface area contributed by atoms with Crippen LogP contribution in [0.25, 0.3) is 11.0 Å². The van der Waals surface area contributed by atoms with Gasteiger partial charge >= 0.3 is 5.97 Å². The second-order valence-electron chi connectivity index (χ2n) is 4.08. The van der Waals surface area contributed by atoms with Gasteiger partial charge in [0.25, 0.3) is 0 Å². The van der Waals surface area contributed by atoms with Crippen LogP contribution in [0.5, 0.6) is 0 Å². The van der Waals surface area contributed by atoms with Crippen LogP contribution >= 0.6 is 0 Å². The maximum Gasteiger partial charge on any atom is 0.337 e. The van der Waals surface area contributed by atoms with E-state index in [9.17, 15) is 13.2 Å². The molecule has 2 aromatic rings. The number of nitrogens with one attached hydrogen (secondary N) is 1. The zero-order valence-corrected chi connectivity index (χ0v) is 11.0. The first-order valence-corrected chi connectivity index (χ1v) is 7.39. The minimum absolute atomic E-state index is 0.148. The molecule has 102 valence electrons. The third-order valence-electron chi connectivity index (χ3n) is 2.59. The van der Waals surface area contributed by atoms with E-state index in [-0.39, 0.29) is 12.1 Å². The number of carboxylic acids is 1. The number of hydrogen-bond donors (Lipinski definition) is 2. The number of hydrogen-bond acceptors (Lipinski definition) is 4. The summed E-state index contributed by atoms with van der Waals surface area (Å²) in [6, 6.07) is 4.83. The molecule has 2 rings (SSSR count). The fourth-order valence-electron chi connectivity index (χ4n) is 1.82. The zero-order valence-electron chi connectivity index (χ0n) is 10.2. The second-order valence-corrected chi connectivity index (χ2v) is 5.92. The Bertz CT molecular complexity index is 721. The van der Waals surface area contributed by atoms with Crippen molar-refractivity contribution in [3.05, 3.63) is 30.1 Å². The highest BCUT2D eigenvalue weighted by Gasteiger charge is 2.13. The van der Waals surface area contributed by atoms with Crippen molar-refractivity contribution in [2.75, 3.05) is 12.8 Å². The number of sulfonamides is 1. The number of imidazole rings is 1. The molecule has 0 radical (unpaired) electrons. The summed E-state index contributed by atoms with van der Waals surface area (Å²) in [7, 11) is -3.26. The molecule has 19 heavy (non-hydrogen) atoms. The SMILES string of the molecule is CS(=O)(=O)NCCn1cnc2cccc(C(=O)O)c21. The number of carbonyl (C=O) groups is 1. The van der Waals surface area contributed by atoms with Gasteiger partial charge in [0.1, 0.15) is 0 Å². The lowest BCUT2D eigenvalue weighted by molar-refractivity contribution is 0.0698. The molecule has 0 amide bonds. The number of aromatic carboxylic acids is 1. The molecular formula is C11H13N3O4S. The zero-order chi connectivity index (χ0) is 14.0. The lowest BCUT2D eigenvalue weighted by Gasteiger charge is -2.06. The lowest BCUT2D eigenvalue weighted by Crippen LogP contribution is -2.26. The minimum Gasteiger partial charge on any atom is -0.478 e. The molecule has 0 fully saturated rings. The number of carboxylic acid groups (broad SMARTS) is 1. The maximum absolute atomic E-state index is 11.1. The van der Waals surface area contributed by atoms with E-state index in [1.807, 2.05) is 0 Å². The Morgan fingerprint density at radius 2 is 2.21 bits per heavy atom. The molecule has 0 aliphatic rings. The Kier molecular flexibility index (Phi) is 3.54. The van der Waals surface area contributed by atoms with Gasteiger partial charge in [0.2, 0.25) is 10.0 Å². The predicted molar refractivity (Wildman–Crippen MR) is 69.5 cm³/mol. The lowest BCUT2D eigenvalue weighted by atomic mass is 10.2. The van der Waals surface area contributed by atoms with Crippen LogP contribution < -0.4 is 4.72 Å². The molecule has 8 heteroatoms. The van der Waals surface area contributed by atoms with Crippen molar-refractivity contribution >= 4 is 27.0 Å². The van der Waals surface area contributed by atoms with Crippen LogP contribution in [-0.4, -0.2) is 41.8 Å². The molecule has 2 N–H and O–H groups in total. The fourth-order valence-corrected chi connectivity index (χ4v) is 2.28. The third kappa shape index (κ3) is 3.09. The maximum atomic E-state index is 11.1. The number of benzene rings is 1. The minimum atomic E-state index is -3.26. The average molecular weight is 283 g/mol. The van der Waals surface area contributed by atoms with E-state index in [1.54, 1.807) is 16.7 Å². The van der Waals surface area contributed by atoms with Crippen LogP contribution in [0.1, 0.15) is 10.4 Å². The molecule has 0 spiro atoms.